The minimum atomic E-state index is -3.64. The summed E-state index contributed by atoms with van der Waals surface area (Å²) in [6.45, 7) is 13.3. The summed E-state index contributed by atoms with van der Waals surface area (Å²) in [5, 5.41) is 41.6. The number of methoxy groups -OCH3 is 1. The van der Waals surface area contributed by atoms with Crippen molar-refractivity contribution in [2.75, 3.05) is 121 Å². The first-order valence-corrected chi connectivity index (χ1v) is 45.8. The number of likely N-dealkylation sites (N-methyl/N-ethyl adjacent to an activating group) is 5. The molecule has 0 saturated heterocycles. The third kappa shape index (κ3) is 34.4. The smallest absolute Gasteiger partial charge is 0.662 e. The second-order valence-corrected chi connectivity index (χ2v) is 33.3. The first-order valence-electron chi connectivity index (χ1n) is 44.4. The van der Waals surface area contributed by atoms with Crippen LogP contribution in [0.1, 0.15) is 98.6 Å². The molecule has 738 valence electrons. The van der Waals surface area contributed by atoms with Crippen molar-refractivity contribution in [2.24, 2.45) is 5.73 Å². The Labute approximate surface area is 856 Å². The number of aliphatic hydroxyl groups excluding tert-OH is 2. The van der Waals surface area contributed by atoms with E-state index in [-0.39, 0.29) is 119 Å². The number of benzene rings is 10. The van der Waals surface area contributed by atoms with Crippen molar-refractivity contribution in [2.45, 2.75) is 92.8 Å². The number of para-hydroxylation sites is 3. The summed E-state index contributed by atoms with van der Waals surface area (Å²) in [4.78, 5) is 107. The molecule has 5 amide bonds. The summed E-state index contributed by atoms with van der Waals surface area (Å²) in [5.41, 5.74) is 15.3. The van der Waals surface area contributed by atoms with Crippen molar-refractivity contribution in [3.05, 3.63) is 282 Å². The van der Waals surface area contributed by atoms with Crippen LogP contribution in [-0.2, 0) is 83.5 Å². The SMILES string of the molecule is C.C.C.C#CCCN(C)CCO.C#CCCN(C)CCn1cc(C(=O)C(=O)OC)c2ccccc21.C#CCCN(C)CCn1cc(C2=C(c3cccc4ccccc34)C(=O)NC2=O)c2ccccc21.C#CCCOS(=O)(=O)c1ccc(C)cc1.CC#CCN(C)CCn1cc(C2=C(c3cccc4ccccc34)C(=O)NC2=O)c2ccccc21.CNCCO.NC(=O)Cc1cccc2ccccc12.O=CO[O-].[Na+]. The number of aromatic nitrogens is 3. The number of aliphatic hydroxyl groups is 2. The van der Waals surface area contributed by atoms with Crippen LogP contribution < -0.4 is 56.5 Å². The summed E-state index contributed by atoms with van der Waals surface area (Å²) >= 11 is 0. The summed E-state index contributed by atoms with van der Waals surface area (Å²) in [6, 6.07) is 71.5. The molecular formula is C113H128N11NaO16S. The van der Waals surface area contributed by atoms with E-state index in [1.807, 2.05) is 258 Å². The summed E-state index contributed by atoms with van der Waals surface area (Å²) in [5.74, 6) is 13.0. The third-order valence-corrected chi connectivity index (χ3v) is 23.4. The Morgan fingerprint density at radius 1 is 0.486 bits per heavy atom. The Kier molecular flexibility index (Phi) is 53.1. The fraction of sp³-hybridized carbons (Fsp3) is 0.274. The third-order valence-electron chi connectivity index (χ3n) is 22.0. The van der Waals surface area contributed by atoms with E-state index >= 15 is 0 Å². The average molecular weight is 1950 g/mol. The number of nitrogens with zero attached hydrogens (tertiary/aromatic N) is 7. The Bertz CT molecular complexity index is 6840. The number of nitrogens with one attached hydrogen (secondary N) is 3. The molecule has 5 heterocycles. The van der Waals surface area contributed by atoms with E-state index in [4.69, 9.17) is 55.9 Å². The van der Waals surface area contributed by atoms with Gasteiger partial charge in [-0.15, -0.1) is 55.3 Å². The molecule has 13 aromatic rings. The van der Waals surface area contributed by atoms with Crippen LogP contribution in [0, 0.1) is 68.1 Å². The van der Waals surface area contributed by atoms with Gasteiger partial charge in [0.15, 0.2) is 0 Å². The number of esters is 1. The molecule has 0 fully saturated rings. The Morgan fingerprint density at radius 2 is 0.852 bits per heavy atom. The molecule has 0 radical (unpaired) electrons. The van der Waals surface area contributed by atoms with Gasteiger partial charge in [0, 0.05) is 160 Å². The largest absolute Gasteiger partial charge is 1.00 e. The molecule has 0 atom stereocenters. The van der Waals surface area contributed by atoms with E-state index in [1.54, 1.807) is 25.4 Å². The van der Waals surface area contributed by atoms with Gasteiger partial charge >= 0.3 is 35.5 Å². The molecule has 0 bridgehead atoms. The standard InChI is InChI=1S/2C29H25N3O2.C18H20N2O3.C12H11NO.C11H12O3S.C7H13NO.C3H9NO.CH2O3.3CH4.Na/c2*1-3-4-16-31(2)17-18-32-19-24(22-13-7-8-15-25(22)32)27-26(28(33)30-29(27)34)23-14-9-11-20-10-5-6-12-21(20)23;1-4-5-10-19(2)11-12-20-13-15(17(21)18(22)23-3)14-8-6-7-9-16(14)20;13-12(14)8-10-6-3-5-9-4-1-2-7-11(9)10;1-3-4-9-14-15(12,13)11-7-5-10(2)6-8-11;1-3-4-5-8(2)6-7-9;1-4-2-3-5;2-1-4-3;;;;/h5-15,19H,16-18H2,1-2H3,(H,30,33,34);1,5-15,19H,4,16-18H2,2H3,(H,30,33,34);1,6-9,13H,5,10-12H2,2-3H3;1-7H,8H2,(H2,13,14);1,5-8H,4,9H2,2H3;1,9H,4-7H2,2H3;4-5H,2-3H2,1H3;1,3H;3*1H4;/q;;;;;;;;;;;+1/p-1. The molecular weight excluding hydrogens is 1820 g/mol. The van der Waals surface area contributed by atoms with Gasteiger partial charge in [0.1, 0.15) is 0 Å². The van der Waals surface area contributed by atoms with Gasteiger partial charge in [-0.2, -0.15) is 8.42 Å². The van der Waals surface area contributed by atoms with E-state index in [2.05, 4.69) is 91.0 Å². The number of amides is 5. The molecule has 3 aromatic heterocycles. The second kappa shape index (κ2) is 62.8. The van der Waals surface area contributed by atoms with Gasteiger partial charge in [-0.25, -0.2) is 4.79 Å². The summed E-state index contributed by atoms with van der Waals surface area (Å²) in [6.07, 6.45) is 29.2. The number of fused-ring (bicyclic) bond motifs is 6. The number of nitrogens with two attached hydrogens (primary N) is 1. The van der Waals surface area contributed by atoms with Crippen LogP contribution in [0.2, 0.25) is 0 Å². The van der Waals surface area contributed by atoms with Gasteiger partial charge < -0.3 is 64.5 Å². The van der Waals surface area contributed by atoms with Gasteiger partial charge in [0.25, 0.3) is 46.0 Å². The zero-order valence-electron chi connectivity index (χ0n) is 79.8. The summed E-state index contributed by atoms with van der Waals surface area (Å²) < 4.78 is 38.6. The van der Waals surface area contributed by atoms with Gasteiger partial charge in [-0.05, 0) is 128 Å². The zero-order chi connectivity index (χ0) is 100. The Morgan fingerprint density at radius 3 is 1.25 bits per heavy atom. The number of carbonyl (C=O) groups excluding carboxylic acids is 8. The molecule has 29 heteroatoms. The van der Waals surface area contributed by atoms with Crippen molar-refractivity contribution in [3.63, 3.8) is 0 Å². The number of primary amides is 1. The van der Waals surface area contributed by atoms with Crippen LogP contribution in [0.15, 0.2) is 248 Å². The van der Waals surface area contributed by atoms with Gasteiger partial charge in [0.05, 0.1) is 72.6 Å². The van der Waals surface area contributed by atoms with Crippen LogP contribution >= 0.6 is 0 Å². The van der Waals surface area contributed by atoms with Crippen molar-refractivity contribution in [3.8, 4) is 61.2 Å². The van der Waals surface area contributed by atoms with Crippen LogP contribution in [0.5, 0.6) is 0 Å². The van der Waals surface area contributed by atoms with Gasteiger partial charge in [0.2, 0.25) is 5.91 Å². The fourth-order valence-electron chi connectivity index (χ4n) is 15.0. The number of ketones is 1. The molecule has 7 N–H and O–H groups in total. The molecule has 0 saturated carbocycles. The van der Waals surface area contributed by atoms with Gasteiger partial charge in [-0.3, -0.25) is 53.3 Å². The number of hydrogen-bond acceptors (Lipinski definition) is 21. The number of imide groups is 2. The van der Waals surface area contributed by atoms with Crippen molar-refractivity contribution < 1.29 is 106 Å². The molecule has 2 aliphatic rings. The first-order chi connectivity index (χ1) is 66.7. The molecule has 0 unspecified atom stereocenters. The molecule has 142 heavy (non-hydrogen) atoms. The van der Waals surface area contributed by atoms with E-state index in [1.165, 1.54) is 19.2 Å². The molecule has 27 nitrogen and oxygen atoms in total. The maximum absolute atomic E-state index is 13.1. The minimum Gasteiger partial charge on any atom is -0.662 e. The number of rotatable bonds is 33. The topological polar surface area (TPSA) is 352 Å². The van der Waals surface area contributed by atoms with E-state index in [0.29, 0.717) is 73.3 Å². The maximum Gasteiger partial charge on any atom is 1.00 e. The number of terminal acetylenes is 4. The molecule has 15 rings (SSSR count). The van der Waals surface area contributed by atoms with Crippen LogP contribution in [0.3, 0.4) is 0 Å². The van der Waals surface area contributed by atoms with E-state index in [9.17, 15) is 42.0 Å². The zero-order valence-corrected chi connectivity index (χ0v) is 82.7. The predicted octanol–water partition coefficient (Wildman–Crippen LogP) is 10.7. The van der Waals surface area contributed by atoms with Gasteiger partial charge in [-0.1, -0.05) is 228 Å². The first kappa shape index (κ1) is 120. The number of carbonyl (C=O) groups is 8. The normalized spacial score (nSPS) is 11.5. The Hall–Kier alpha value is -14.2. The Balaban J connectivity index is 0.000000363. The number of hydrogen-bond donors (Lipinski definition) is 6. The fourth-order valence-corrected chi connectivity index (χ4v) is 15.9. The van der Waals surface area contributed by atoms with E-state index in [0.717, 1.165) is 157 Å². The van der Waals surface area contributed by atoms with Crippen molar-refractivity contribution in [1.82, 2.24) is 49.3 Å². The van der Waals surface area contributed by atoms with Crippen molar-refractivity contribution >= 4 is 145 Å². The molecule has 0 spiro atoms. The molecule has 0 aliphatic carbocycles. The molecule has 10 aromatic carbocycles. The van der Waals surface area contributed by atoms with Crippen LogP contribution in [-0.4, -0.2) is 221 Å². The summed E-state index contributed by atoms with van der Waals surface area (Å²) in [7, 11) is 7.40. The van der Waals surface area contributed by atoms with Crippen LogP contribution in [0.25, 0.3) is 87.3 Å². The molecule has 2 aliphatic heterocycles. The van der Waals surface area contributed by atoms with Crippen molar-refractivity contribution in [1.29, 1.82) is 0 Å². The maximum atomic E-state index is 13.1. The average Bonchev–Trinajstić information content (AvgIpc) is 1.59. The quantitative estimate of drug-likeness (QED) is 0.00190. The monoisotopic (exact) mass is 1950 g/mol. The second-order valence-electron chi connectivity index (χ2n) is 31.7. The number of aryl methyl sites for hydroxylation is 1. The van der Waals surface area contributed by atoms with E-state index < -0.39 is 21.9 Å². The predicted molar refractivity (Wildman–Crippen MR) is 564 cm³/mol. The minimum absolute atomic E-state index is 0. The number of Topliss-reactive ketones (excluding diaryl/α,β-unsaturated/α-hetero) is 1. The van der Waals surface area contributed by atoms with Crippen LogP contribution in [0.4, 0.5) is 0 Å². The number of ether oxygens (including phenoxy) is 1.